The number of nitrogens with zero attached hydrogens (tertiary/aromatic N) is 2. The average Bonchev–Trinajstić information content (AvgIpc) is 2.49. The summed E-state index contributed by atoms with van der Waals surface area (Å²) in [4.78, 5) is 24.8. The molecule has 0 saturated carbocycles. The van der Waals surface area contributed by atoms with E-state index < -0.39 is 10.8 Å². The molecule has 0 saturated heterocycles. The lowest BCUT2D eigenvalue weighted by molar-refractivity contribution is -0.385. The summed E-state index contributed by atoms with van der Waals surface area (Å²) < 4.78 is 0.889. The molecule has 0 aliphatic rings. The van der Waals surface area contributed by atoms with Gasteiger partial charge in [0.25, 0.3) is 11.6 Å². The zero-order valence-corrected chi connectivity index (χ0v) is 14.5. The van der Waals surface area contributed by atoms with Gasteiger partial charge in [-0.15, -0.1) is 0 Å². The first-order valence-corrected chi connectivity index (χ1v) is 7.91. The van der Waals surface area contributed by atoms with E-state index in [1.54, 1.807) is 6.07 Å². The molecule has 0 unspecified atom stereocenters. The number of hydrogen-bond donors (Lipinski definition) is 0. The monoisotopic (exact) mass is 430 g/mol. The molecule has 2 rings (SSSR count). The van der Waals surface area contributed by atoms with Gasteiger partial charge in [0.15, 0.2) is 0 Å². The second-order valence-corrected chi connectivity index (χ2v) is 6.02. The minimum atomic E-state index is -0.576. The maximum Gasteiger partial charge on any atom is 0.282 e. The summed E-state index contributed by atoms with van der Waals surface area (Å²) >= 11 is 8.02. The molecule has 0 fully saturated rings. The Kier molecular flexibility index (Phi) is 5.36. The molecular formula is C15H12ClIN2O3. The Bertz CT molecular complexity index is 736. The van der Waals surface area contributed by atoms with Crippen molar-refractivity contribution in [2.75, 3.05) is 11.4 Å². The van der Waals surface area contributed by atoms with Gasteiger partial charge in [-0.05, 0) is 53.8 Å². The van der Waals surface area contributed by atoms with Crippen molar-refractivity contribution in [2.45, 2.75) is 6.92 Å². The summed E-state index contributed by atoms with van der Waals surface area (Å²) in [5.41, 5.74) is 0.447. The van der Waals surface area contributed by atoms with Crippen molar-refractivity contribution < 1.29 is 9.72 Å². The number of nitro benzene ring substituents is 1. The number of halogens is 2. The predicted molar refractivity (Wildman–Crippen MR) is 94.6 cm³/mol. The van der Waals surface area contributed by atoms with Crippen LogP contribution in [0.2, 0.25) is 5.02 Å². The molecule has 0 aromatic heterocycles. The van der Waals surface area contributed by atoms with E-state index in [0.29, 0.717) is 12.2 Å². The third-order valence-corrected chi connectivity index (χ3v) is 4.24. The molecule has 0 aliphatic heterocycles. The second-order valence-electron chi connectivity index (χ2n) is 4.42. The van der Waals surface area contributed by atoms with Crippen LogP contribution in [0.3, 0.4) is 0 Å². The Morgan fingerprint density at radius 2 is 2.00 bits per heavy atom. The van der Waals surface area contributed by atoms with Gasteiger partial charge in [0.1, 0.15) is 5.56 Å². The van der Waals surface area contributed by atoms with Crippen LogP contribution in [0.25, 0.3) is 0 Å². The average molecular weight is 431 g/mol. The Balaban J connectivity index is 2.52. The van der Waals surface area contributed by atoms with Crippen LogP contribution in [-0.4, -0.2) is 17.4 Å². The third kappa shape index (κ3) is 3.38. The van der Waals surface area contributed by atoms with Crippen molar-refractivity contribution in [3.8, 4) is 0 Å². The number of carbonyl (C=O) groups is 1. The Hall–Kier alpha value is -1.67. The van der Waals surface area contributed by atoms with Crippen molar-refractivity contribution in [3.05, 3.63) is 66.7 Å². The Labute approximate surface area is 146 Å². The fraction of sp³-hybridized carbons (Fsp3) is 0.133. The standard InChI is InChI=1S/C15H12ClIN2O3/c1-2-18(14-6-4-3-5-12(14)17)15(20)11-9-10(16)7-8-13(11)19(21)22/h3-9H,2H2,1H3. The quantitative estimate of drug-likeness (QED) is 0.407. The van der Waals surface area contributed by atoms with E-state index in [0.717, 1.165) is 3.57 Å². The molecular weight excluding hydrogens is 419 g/mol. The van der Waals surface area contributed by atoms with E-state index in [2.05, 4.69) is 22.6 Å². The zero-order chi connectivity index (χ0) is 16.3. The van der Waals surface area contributed by atoms with E-state index in [-0.39, 0.29) is 16.3 Å². The van der Waals surface area contributed by atoms with Gasteiger partial charge in [-0.25, -0.2) is 0 Å². The number of benzene rings is 2. The van der Waals surface area contributed by atoms with Crippen LogP contribution < -0.4 is 4.90 Å². The number of nitro groups is 1. The molecule has 2 aromatic carbocycles. The number of hydrogen-bond acceptors (Lipinski definition) is 3. The smallest absolute Gasteiger partial charge is 0.282 e. The summed E-state index contributed by atoms with van der Waals surface area (Å²) in [6.45, 7) is 2.21. The minimum Gasteiger partial charge on any atom is -0.307 e. The lowest BCUT2D eigenvalue weighted by Crippen LogP contribution is -2.31. The number of carbonyl (C=O) groups excluding carboxylic acids is 1. The molecule has 2 aromatic rings. The van der Waals surface area contributed by atoms with Crippen LogP contribution in [-0.2, 0) is 0 Å². The van der Waals surface area contributed by atoms with Crippen LogP contribution in [0.4, 0.5) is 11.4 Å². The van der Waals surface area contributed by atoms with Gasteiger partial charge in [-0.2, -0.15) is 0 Å². The van der Waals surface area contributed by atoms with Crippen LogP contribution in [0.5, 0.6) is 0 Å². The van der Waals surface area contributed by atoms with E-state index in [1.807, 2.05) is 25.1 Å². The summed E-state index contributed by atoms with van der Waals surface area (Å²) in [5.74, 6) is -0.444. The van der Waals surface area contributed by atoms with Crippen molar-refractivity contribution >= 4 is 51.5 Å². The molecule has 0 atom stereocenters. The second kappa shape index (κ2) is 7.06. The number of amides is 1. The highest BCUT2D eigenvalue weighted by molar-refractivity contribution is 14.1. The summed E-state index contributed by atoms with van der Waals surface area (Å²) in [7, 11) is 0. The van der Waals surface area contributed by atoms with Crippen molar-refractivity contribution in [1.29, 1.82) is 0 Å². The van der Waals surface area contributed by atoms with Gasteiger partial charge >= 0.3 is 0 Å². The summed E-state index contributed by atoms with van der Waals surface area (Å²) in [6.07, 6.45) is 0. The van der Waals surface area contributed by atoms with E-state index >= 15 is 0 Å². The molecule has 0 N–H and O–H groups in total. The van der Waals surface area contributed by atoms with Crippen molar-refractivity contribution in [1.82, 2.24) is 0 Å². The minimum absolute atomic E-state index is 0.0148. The van der Waals surface area contributed by atoms with E-state index in [4.69, 9.17) is 11.6 Å². The molecule has 114 valence electrons. The zero-order valence-electron chi connectivity index (χ0n) is 11.6. The lowest BCUT2D eigenvalue weighted by atomic mass is 10.1. The third-order valence-electron chi connectivity index (χ3n) is 3.09. The number of rotatable bonds is 4. The lowest BCUT2D eigenvalue weighted by Gasteiger charge is -2.22. The first kappa shape index (κ1) is 16.7. The topological polar surface area (TPSA) is 63.5 Å². The molecule has 0 radical (unpaired) electrons. The first-order chi connectivity index (χ1) is 10.5. The van der Waals surface area contributed by atoms with Gasteiger partial charge in [0.05, 0.1) is 10.6 Å². The van der Waals surface area contributed by atoms with Crippen molar-refractivity contribution in [2.24, 2.45) is 0 Å². The fourth-order valence-electron chi connectivity index (χ4n) is 2.08. The normalized spacial score (nSPS) is 10.3. The maximum absolute atomic E-state index is 12.8. The highest BCUT2D eigenvalue weighted by atomic mass is 127. The van der Waals surface area contributed by atoms with Gasteiger partial charge in [-0.3, -0.25) is 14.9 Å². The molecule has 22 heavy (non-hydrogen) atoms. The fourth-order valence-corrected chi connectivity index (χ4v) is 2.93. The SMILES string of the molecule is CCN(C(=O)c1cc(Cl)ccc1[N+](=O)[O-])c1ccccc1I. The molecule has 5 nitrogen and oxygen atoms in total. The molecule has 0 spiro atoms. The predicted octanol–water partition coefficient (Wildman–Crippen LogP) is 4.52. The van der Waals surface area contributed by atoms with E-state index in [9.17, 15) is 14.9 Å². The highest BCUT2D eigenvalue weighted by Crippen LogP contribution is 2.28. The van der Waals surface area contributed by atoms with Crippen LogP contribution >= 0.6 is 34.2 Å². The van der Waals surface area contributed by atoms with Crippen molar-refractivity contribution in [3.63, 3.8) is 0 Å². The van der Waals surface area contributed by atoms with Gasteiger partial charge in [-0.1, -0.05) is 23.7 Å². The summed E-state index contributed by atoms with van der Waals surface area (Å²) in [6, 6.07) is 11.3. The molecule has 0 bridgehead atoms. The maximum atomic E-state index is 12.8. The number of para-hydroxylation sites is 1. The van der Waals surface area contributed by atoms with E-state index in [1.165, 1.54) is 23.1 Å². The largest absolute Gasteiger partial charge is 0.307 e. The number of anilines is 1. The molecule has 1 amide bonds. The van der Waals surface area contributed by atoms with Gasteiger partial charge in [0.2, 0.25) is 0 Å². The van der Waals surface area contributed by atoms with Gasteiger partial charge in [0, 0.05) is 21.2 Å². The highest BCUT2D eigenvalue weighted by Gasteiger charge is 2.26. The van der Waals surface area contributed by atoms with Crippen LogP contribution in [0, 0.1) is 13.7 Å². The molecule has 7 heteroatoms. The Morgan fingerprint density at radius 3 is 2.59 bits per heavy atom. The molecule has 0 aliphatic carbocycles. The Morgan fingerprint density at radius 1 is 1.32 bits per heavy atom. The molecule has 0 heterocycles. The van der Waals surface area contributed by atoms with Crippen LogP contribution in [0.15, 0.2) is 42.5 Å². The van der Waals surface area contributed by atoms with Gasteiger partial charge < -0.3 is 4.90 Å². The first-order valence-electron chi connectivity index (χ1n) is 6.46. The van der Waals surface area contributed by atoms with Crippen LogP contribution in [0.1, 0.15) is 17.3 Å². The summed E-state index contributed by atoms with van der Waals surface area (Å²) in [5, 5.41) is 11.4.